The normalized spacial score (nSPS) is 16.2. The number of nitrogens with one attached hydrogen (secondary N) is 1. The Balaban J connectivity index is 1.91. The maximum Gasteiger partial charge on any atom is 0.273 e. The highest BCUT2D eigenvalue weighted by Crippen LogP contribution is 2.46. The van der Waals surface area contributed by atoms with Crippen LogP contribution in [0.4, 0.5) is 0 Å². The van der Waals surface area contributed by atoms with Crippen LogP contribution in [-0.2, 0) is 0 Å². The molecule has 0 spiro atoms. The van der Waals surface area contributed by atoms with Crippen LogP contribution in [0.15, 0.2) is 48.5 Å². The molecule has 0 radical (unpaired) electrons. The Hall–Kier alpha value is -2.79. The first-order valence-corrected chi connectivity index (χ1v) is 10.1. The molecule has 5 nitrogen and oxygen atoms in total. The maximum absolute atomic E-state index is 13.3. The molecule has 2 heterocycles. The summed E-state index contributed by atoms with van der Waals surface area (Å²) in [6.07, 6.45) is 0. The van der Waals surface area contributed by atoms with Crippen LogP contribution >= 0.6 is 11.6 Å². The number of hydrogen-bond donors (Lipinski definition) is 1. The lowest BCUT2D eigenvalue weighted by Gasteiger charge is -2.37. The predicted molar refractivity (Wildman–Crippen MR) is 114 cm³/mol. The van der Waals surface area contributed by atoms with Gasteiger partial charge in [0.05, 0.1) is 18.3 Å². The summed E-state index contributed by atoms with van der Waals surface area (Å²) in [6.45, 7) is 8.69. The molecule has 0 saturated heterocycles. The summed E-state index contributed by atoms with van der Waals surface area (Å²) >= 11 is 6.06. The second kappa shape index (κ2) is 7.23. The van der Waals surface area contributed by atoms with Crippen LogP contribution < -0.4 is 4.74 Å². The zero-order valence-electron chi connectivity index (χ0n) is 17.0. The molecule has 1 aromatic heterocycles. The van der Waals surface area contributed by atoms with Gasteiger partial charge in [0.1, 0.15) is 11.4 Å². The van der Waals surface area contributed by atoms with Gasteiger partial charge in [-0.25, -0.2) is 0 Å². The van der Waals surface area contributed by atoms with E-state index in [9.17, 15) is 4.79 Å². The third-order valence-electron chi connectivity index (χ3n) is 5.09. The van der Waals surface area contributed by atoms with Crippen molar-refractivity contribution in [3.63, 3.8) is 0 Å². The quantitative estimate of drug-likeness (QED) is 0.621. The highest BCUT2D eigenvalue weighted by molar-refractivity contribution is 6.30. The zero-order chi connectivity index (χ0) is 20.8. The lowest BCUT2D eigenvalue weighted by atomic mass is 9.93. The molecule has 0 saturated carbocycles. The van der Waals surface area contributed by atoms with Crippen LogP contribution in [0, 0.1) is 0 Å². The first-order chi connectivity index (χ1) is 13.8. The van der Waals surface area contributed by atoms with E-state index in [1.165, 1.54) is 0 Å². The van der Waals surface area contributed by atoms with Gasteiger partial charge in [-0.15, -0.1) is 0 Å². The Morgan fingerprint density at radius 1 is 1.17 bits per heavy atom. The van der Waals surface area contributed by atoms with Crippen LogP contribution in [-0.4, -0.2) is 33.2 Å². The number of H-pyrrole nitrogens is 1. The number of ether oxygens (including phenoxy) is 1. The maximum atomic E-state index is 13.3. The van der Waals surface area contributed by atoms with Gasteiger partial charge in [0.15, 0.2) is 0 Å². The van der Waals surface area contributed by atoms with E-state index in [1.54, 1.807) is 0 Å². The Kier molecular flexibility index (Phi) is 4.87. The molecular formula is C23H24ClN3O2. The molecule has 0 fully saturated rings. The molecule has 1 amide bonds. The van der Waals surface area contributed by atoms with Crippen molar-refractivity contribution in [2.24, 2.45) is 0 Å². The molecule has 1 N–H and O–H groups in total. The summed E-state index contributed by atoms with van der Waals surface area (Å²) in [4.78, 5) is 15.3. The van der Waals surface area contributed by atoms with Crippen LogP contribution in [0.3, 0.4) is 0 Å². The Morgan fingerprint density at radius 2 is 1.90 bits per heavy atom. The number of aromatic nitrogens is 2. The minimum absolute atomic E-state index is 0.0490. The number of benzene rings is 2. The van der Waals surface area contributed by atoms with Crippen molar-refractivity contribution in [3.8, 4) is 17.0 Å². The van der Waals surface area contributed by atoms with Crippen LogP contribution in [0.1, 0.15) is 55.4 Å². The van der Waals surface area contributed by atoms with E-state index in [4.69, 9.17) is 16.3 Å². The number of amides is 1. The second-order valence-electron chi connectivity index (χ2n) is 8.12. The van der Waals surface area contributed by atoms with E-state index in [1.807, 2.05) is 81.1 Å². The van der Waals surface area contributed by atoms with Crippen molar-refractivity contribution in [2.75, 3.05) is 6.61 Å². The van der Waals surface area contributed by atoms with Gasteiger partial charge in [-0.3, -0.25) is 9.89 Å². The summed E-state index contributed by atoms with van der Waals surface area (Å²) in [5.41, 5.74) is 3.73. The lowest BCUT2D eigenvalue weighted by Crippen LogP contribution is -2.44. The number of rotatable bonds is 4. The van der Waals surface area contributed by atoms with Gasteiger partial charge in [0.2, 0.25) is 0 Å². The van der Waals surface area contributed by atoms with E-state index in [0.717, 1.165) is 28.1 Å². The monoisotopic (exact) mass is 409 g/mol. The second-order valence-corrected chi connectivity index (χ2v) is 8.56. The standard InChI is InChI=1S/C23H24ClN3O2/c1-5-29-17-8-6-7-15(13-17)21-18-19(14-9-11-16(24)12-10-14)25-26-20(18)22(28)27(21)23(2,3)4/h6-13,21H,5H2,1-4H3,(H,25,26). The Bertz CT molecular complexity index is 1050. The molecular weight excluding hydrogens is 386 g/mol. The molecule has 4 rings (SSSR count). The molecule has 0 bridgehead atoms. The number of carbonyl (C=O) groups is 1. The van der Waals surface area contributed by atoms with Crippen molar-refractivity contribution in [1.82, 2.24) is 15.1 Å². The largest absolute Gasteiger partial charge is 0.494 e. The number of hydrogen-bond acceptors (Lipinski definition) is 3. The summed E-state index contributed by atoms with van der Waals surface area (Å²) in [6, 6.07) is 15.2. The molecule has 1 aliphatic heterocycles. The Morgan fingerprint density at radius 3 is 2.55 bits per heavy atom. The van der Waals surface area contributed by atoms with E-state index < -0.39 is 0 Å². The molecule has 6 heteroatoms. The van der Waals surface area contributed by atoms with Crippen LogP contribution in [0.25, 0.3) is 11.3 Å². The number of carbonyl (C=O) groups excluding carboxylic acids is 1. The molecule has 1 atom stereocenters. The molecule has 1 unspecified atom stereocenters. The van der Waals surface area contributed by atoms with E-state index >= 15 is 0 Å². The third kappa shape index (κ3) is 3.40. The Labute approximate surface area is 175 Å². The molecule has 0 aliphatic carbocycles. The van der Waals surface area contributed by atoms with Crippen molar-refractivity contribution < 1.29 is 9.53 Å². The molecule has 150 valence electrons. The van der Waals surface area contributed by atoms with Gasteiger partial charge in [0, 0.05) is 21.7 Å². The summed E-state index contributed by atoms with van der Waals surface area (Å²) in [7, 11) is 0. The first-order valence-electron chi connectivity index (χ1n) is 9.72. The van der Waals surface area contributed by atoms with E-state index in [0.29, 0.717) is 17.3 Å². The number of nitrogens with zero attached hydrogens (tertiary/aromatic N) is 2. The summed E-state index contributed by atoms with van der Waals surface area (Å²) in [5.74, 6) is 0.739. The first kappa shape index (κ1) is 19.5. The topological polar surface area (TPSA) is 58.2 Å². The molecule has 1 aliphatic rings. The minimum Gasteiger partial charge on any atom is -0.494 e. The van der Waals surface area contributed by atoms with Crippen LogP contribution in [0.2, 0.25) is 5.02 Å². The van der Waals surface area contributed by atoms with Gasteiger partial charge in [-0.2, -0.15) is 5.10 Å². The predicted octanol–water partition coefficient (Wildman–Crippen LogP) is 5.47. The zero-order valence-corrected chi connectivity index (χ0v) is 17.7. The van der Waals surface area contributed by atoms with E-state index in [-0.39, 0.29) is 17.5 Å². The summed E-state index contributed by atoms with van der Waals surface area (Å²) in [5, 5.41) is 8.14. The van der Waals surface area contributed by atoms with Gasteiger partial charge in [-0.05, 0) is 57.5 Å². The average molecular weight is 410 g/mol. The molecule has 3 aromatic rings. The average Bonchev–Trinajstić information content (AvgIpc) is 3.22. The highest BCUT2D eigenvalue weighted by atomic mass is 35.5. The summed E-state index contributed by atoms with van der Waals surface area (Å²) < 4.78 is 5.71. The van der Waals surface area contributed by atoms with Crippen molar-refractivity contribution >= 4 is 17.5 Å². The number of fused-ring (bicyclic) bond motifs is 1. The molecule has 29 heavy (non-hydrogen) atoms. The highest BCUT2D eigenvalue weighted by Gasteiger charge is 2.46. The number of aromatic amines is 1. The lowest BCUT2D eigenvalue weighted by molar-refractivity contribution is 0.0545. The third-order valence-corrected chi connectivity index (χ3v) is 5.35. The SMILES string of the molecule is CCOc1cccc(C2c3c(-c4ccc(Cl)cc4)n[nH]c3C(=O)N2C(C)(C)C)c1. The van der Waals surface area contributed by atoms with Crippen molar-refractivity contribution in [1.29, 1.82) is 0 Å². The fourth-order valence-corrected chi connectivity index (χ4v) is 4.05. The fourth-order valence-electron chi connectivity index (χ4n) is 3.92. The van der Waals surface area contributed by atoms with Gasteiger partial charge < -0.3 is 9.64 Å². The minimum atomic E-state index is -0.375. The molecule has 2 aromatic carbocycles. The van der Waals surface area contributed by atoms with Gasteiger partial charge >= 0.3 is 0 Å². The van der Waals surface area contributed by atoms with Gasteiger partial charge in [0.25, 0.3) is 5.91 Å². The van der Waals surface area contributed by atoms with Gasteiger partial charge in [-0.1, -0.05) is 35.9 Å². The number of halogens is 1. The van der Waals surface area contributed by atoms with Crippen molar-refractivity contribution in [2.45, 2.75) is 39.3 Å². The van der Waals surface area contributed by atoms with E-state index in [2.05, 4.69) is 10.2 Å². The van der Waals surface area contributed by atoms with Crippen LogP contribution in [0.5, 0.6) is 5.75 Å². The van der Waals surface area contributed by atoms with Crippen molar-refractivity contribution in [3.05, 3.63) is 70.4 Å². The fraction of sp³-hybridized carbons (Fsp3) is 0.304. The smallest absolute Gasteiger partial charge is 0.273 e.